The third-order valence-electron chi connectivity index (χ3n) is 3.49. The van der Waals surface area contributed by atoms with Gasteiger partial charge in [0.05, 0.1) is 5.56 Å². The summed E-state index contributed by atoms with van der Waals surface area (Å²) in [6.45, 7) is 5.14. The lowest BCUT2D eigenvalue weighted by Crippen LogP contribution is -2.34. The van der Waals surface area contributed by atoms with Crippen molar-refractivity contribution in [1.82, 2.24) is 10.6 Å². The van der Waals surface area contributed by atoms with Crippen LogP contribution in [0.4, 0.5) is 10.5 Å². The van der Waals surface area contributed by atoms with Crippen molar-refractivity contribution in [3.8, 4) is 0 Å². The van der Waals surface area contributed by atoms with E-state index in [0.717, 1.165) is 16.8 Å². The van der Waals surface area contributed by atoms with E-state index in [1.165, 1.54) is 0 Å². The fraction of sp³-hybridized carbons (Fsp3) is 0.263. The number of aromatic carboxylic acids is 1. The molecule has 6 heteroatoms. The lowest BCUT2D eigenvalue weighted by molar-refractivity contribution is 0.0697. The van der Waals surface area contributed by atoms with Gasteiger partial charge in [-0.3, -0.25) is 0 Å². The van der Waals surface area contributed by atoms with Gasteiger partial charge >= 0.3 is 12.0 Å². The van der Waals surface area contributed by atoms with Crippen LogP contribution in [-0.2, 0) is 13.1 Å². The lowest BCUT2D eigenvalue weighted by Gasteiger charge is -2.11. The molecule has 0 aliphatic heterocycles. The Morgan fingerprint density at radius 1 is 0.920 bits per heavy atom. The normalized spacial score (nSPS) is 10.5. The van der Waals surface area contributed by atoms with Crippen molar-refractivity contribution in [2.75, 3.05) is 5.32 Å². The molecule has 0 unspecified atom stereocenters. The van der Waals surface area contributed by atoms with Crippen LogP contribution >= 0.6 is 0 Å². The van der Waals surface area contributed by atoms with Gasteiger partial charge in [-0.25, -0.2) is 9.59 Å². The Morgan fingerprint density at radius 2 is 1.44 bits per heavy atom. The maximum atomic E-state index is 11.6. The van der Waals surface area contributed by atoms with Gasteiger partial charge in [-0.2, -0.15) is 0 Å². The van der Waals surface area contributed by atoms with Gasteiger partial charge < -0.3 is 21.1 Å². The Labute approximate surface area is 147 Å². The second-order valence-electron chi connectivity index (χ2n) is 6.06. The van der Waals surface area contributed by atoms with Gasteiger partial charge in [0, 0.05) is 24.8 Å². The molecule has 0 saturated heterocycles. The highest BCUT2D eigenvalue weighted by Crippen LogP contribution is 2.10. The fourth-order valence-electron chi connectivity index (χ4n) is 2.25. The van der Waals surface area contributed by atoms with Crippen LogP contribution < -0.4 is 16.0 Å². The van der Waals surface area contributed by atoms with Crippen LogP contribution in [0, 0.1) is 0 Å². The Hall–Kier alpha value is -2.86. The molecule has 0 bridgehead atoms. The molecule has 0 saturated carbocycles. The highest BCUT2D eigenvalue weighted by Gasteiger charge is 2.04. The highest BCUT2D eigenvalue weighted by molar-refractivity contribution is 5.89. The minimum absolute atomic E-state index is 0.0908. The summed E-state index contributed by atoms with van der Waals surface area (Å²) in [5, 5.41) is 17.7. The molecule has 0 aliphatic carbocycles. The van der Waals surface area contributed by atoms with Crippen LogP contribution in [0.5, 0.6) is 0 Å². The first-order valence-corrected chi connectivity index (χ1v) is 8.13. The van der Waals surface area contributed by atoms with Crippen LogP contribution in [0.1, 0.15) is 35.3 Å². The number of rotatable bonds is 7. The van der Waals surface area contributed by atoms with Gasteiger partial charge in [0.15, 0.2) is 0 Å². The van der Waals surface area contributed by atoms with Crippen molar-refractivity contribution in [3.05, 3.63) is 65.2 Å². The first-order chi connectivity index (χ1) is 11.9. The number of carbonyl (C=O) groups is 2. The molecule has 0 radical (unpaired) electrons. The lowest BCUT2D eigenvalue weighted by atomic mass is 10.1. The topological polar surface area (TPSA) is 90.5 Å². The molecule has 0 atom stereocenters. The molecule has 132 valence electrons. The summed E-state index contributed by atoms with van der Waals surface area (Å²) in [7, 11) is 0. The Bertz CT molecular complexity index is 710. The molecule has 25 heavy (non-hydrogen) atoms. The number of carboxylic acids is 1. The predicted molar refractivity (Wildman–Crippen MR) is 97.7 cm³/mol. The zero-order valence-electron chi connectivity index (χ0n) is 14.4. The van der Waals surface area contributed by atoms with Gasteiger partial charge in [-0.05, 0) is 49.2 Å². The summed E-state index contributed by atoms with van der Waals surface area (Å²) in [5.41, 5.74) is 3.14. The highest BCUT2D eigenvalue weighted by atomic mass is 16.4. The third-order valence-corrected chi connectivity index (χ3v) is 3.49. The van der Waals surface area contributed by atoms with E-state index in [2.05, 4.69) is 16.0 Å². The zero-order chi connectivity index (χ0) is 18.2. The SMILES string of the molecule is CC(C)NC(=O)Nc1ccc(CNCc2ccc(C(=O)O)cc2)cc1. The Morgan fingerprint density at radius 3 is 1.92 bits per heavy atom. The number of nitrogens with one attached hydrogen (secondary N) is 3. The molecule has 0 aliphatic rings. The zero-order valence-corrected chi connectivity index (χ0v) is 14.4. The van der Waals surface area contributed by atoms with Gasteiger partial charge in [0.25, 0.3) is 0 Å². The third kappa shape index (κ3) is 6.27. The van der Waals surface area contributed by atoms with Crippen molar-refractivity contribution < 1.29 is 14.7 Å². The van der Waals surface area contributed by atoms with Gasteiger partial charge in [-0.1, -0.05) is 24.3 Å². The maximum absolute atomic E-state index is 11.6. The van der Waals surface area contributed by atoms with E-state index in [-0.39, 0.29) is 17.6 Å². The monoisotopic (exact) mass is 341 g/mol. The average molecular weight is 341 g/mol. The summed E-state index contributed by atoms with van der Waals surface area (Å²) in [6, 6.07) is 14.3. The number of carboxylic acid groups (broad SMARTS) is 1. The molecule has 4 N–H and O–H groups in total. The van der Waals surface area contributed by atoms with Gasteiger partial charge in [-0.15, -0.1) is 0 Å². The number of anilines is 1. The van der Waals surface area contributed by atoms with Crippen molar-refractivity contribution in [2.45, 2.75) is 33.0 Å². The van der Waals surface area contributed by atoms with E-state index < -0.39 is 5.97 Å². The molecule has 0 aromatic heterocycles. The largest absolute Gasteiger partial charge is 0.478 e. The molecule has 2 amide bonds. The van der Waals surface area contributed by atoms with Gasteiger partial charge in [0.2, 0.25) is 0 Å². The van der Waals surface area contributed by atoms with Crippen molar-refractivity contribution in [1.29, 1.82) is 0 Å². The molecular formula is C19H23N3O3. The molecule has 0 heterocycles. The molecule has 0 fully saturated rings. The van der Waals surface area contributed by atoms with Crippen LogP contribution in [0.25, 0.3) is 0 Å². The number of benzene rings is 2. The minimum atomic E-state index is -0.921. The van der Waals surface area contributed by atoms with E-state index >= 15 is 0 Å². The number of hydrogen-bond acceptors (Lipinski definition) is 3. The summed E-state index contributed by atoms with van der Waals surface area (Å²) < 4.78 is 0. The molecule has 0 spiro atoms. The Balaban J connectivity index is 1.79. The predicted octanol–water partition coefficient (Wildman–Crippen LogP) is 3.20. The fourth-order valence-corrected chi connectivity index (χ4v) is 2.25. The molecule has 6 nitrogen and oxygen atoms in total. The second-order valence-corrected chi connectivity index (χ2v) is 6.06. The summed E-state index contributed by atoms with van der Waals surface area (Å²) >= 11 is 0. The first-order valence-electron chi connectivity index (χ1n) is 8.13. The van der Waals surface area contributed by atoms with E-state index in [1.807, 2.05) is 38.1 Å². The van der Waals surface area contributed by atoms with Crippen LogP contribution in [0.2, 0.25) is 0 Å². The number of hydrogen-bond donors (Lipinski definition) is 4. The smallest absolute Gasteiger partial charge is 0.335 e. The molecule has 2 rings (SSSR count). The molecule has 2 aromatic rings. The van der Waals surface area contributed by atoms with Crippen LogP contribution in [0.3, 0.4) is 0 Å². The van der Waals surface area contributed by atoms with Crippen molar-refractivity contribution >= 4 is 17.7 Å². The number of carbonyl (C=O) groups excluding carboxylic acids is 1. The van der Waals surface area contributed by atoms with E-state index in [1.54, 1.807) is 24.3 Å². The van der Waals surface area contributed by atoms with Crippen molar-refractivity contribution in [3.63, 3.8) is 0 Å². The van der Waals surface area contributed by atoms with Gasteiger partial charge in [0.1, 0.15) is 0 Å². The Kier molecular flexibility index (Phi) is 6.54. The van der Waals surface area contributed by atoms with Crippen LogP contribution in [0.15, 0.2) is 48.5 Å². The summed E-state index contributed by atoms with van der Waals surface area (Å²) in [5.74, 6) is -0.921. The quantitative estimate of drug-likeness (QED) is 0.622. The molecule has 2 aromatic carbocycles. The van der Waals surface area contributed by atoms with E-state index in [0.29, 0.717) is 13.1 Å². The van der Waals surface area contributed by atoms with Crippen LogP contribution in [-0.4, -0.2) is 23.1 Å². The summed E-state index contributed by atoms with van der Waals surface area (Å²) in [4.78, 5) is 22.4. The minimum Gasteiger partial charge on any atom is -0.478 e. The van der Waals surface area contributed by atoms with E-state index in [4.69, 9.17) is 5.11 Å². The number of urea groups is 1. The summed E-state index contributed by atoms with van der Waals surface area (Å²) in [6.07, 6.45) is 0. The van der Waals surface area contributed by atoms with Crippen molar-refractivity contribution in [2.24, 2.45) is 0 Å². The first kappa shape index (κ1) is 18.5. The second kappa shape index (κ2) is 8.84. The molecular weight excluding hydrogens is 318 g/mol. The van der Waals surface area contributed by atoms with E-state index in [9.17, 15) is 9.59 Å². The standard InChI is InChI=1S/C19H23N3O3/c1-13(2)21-19(25)22-17-9-5-15(6-10-17)12-20-11-14-3-7-16(8-4-14)18(23)24/h3-10,13,20H,11-12H2,1-2H3,(H,23,24)(H2,21,22,25). The average Bonchev–Trinajstić information content (AvgIpc) is 2.56. The number of amides is 2. The maximum Gasteiger partial charge on any atom is 0.335 e.